The summed E-state index contributed by atoms with van der Waals surface area (Å²) in [6.07, 6.45) is 9.44. The van der Waals surface area contributed by atoms with Gasteiger partial charge in [-0.1, -0.05) is 39.5 Å². The minimum Gasteiger partial charge on any atom is -0.327 e. The molecule has 1 heteroatoms. The fourth-order valence-corrected chi connectivity index (χ4v) is 2.24. The van der Waals surface area contributed by atoms with Crippen LogP contribution in [-0.4, -0.2) is 6.04 Å². The summed E-state index contributed by atoms with van der Waals surface area (Å²) in [5, 5.41) is 0. The van der Waals surface area contributed by atoms with Gasteiger partial charge in [0.1, 0.15) is 0 Å². The lowest BCUT2D eigenvalue weighted by Crippen LogP contribution is -2.30. The van der Waals surface area contributed by atoms with Crippen molar-refractivity contribution in [3.8, 4) is 0 Å². The molecule has 1 aliphatic rings. The molecule has 78 valence electrons. The predicted molar refractivity (Wildman–Crippen MR) is 58.6 cm³/mol. The van der Waals surface area contributed by atoms with Crippen molar-refractivity contribution in [3.05, 3.63) is 0 Å². The third-order valence-corrected chi connectivity index (χ3v) is 3.23. The SMILES string of the molecule is CCCC(CCC)C(N)CC1CC1. The first-order valence-electron chi connectivity index (χ1n) is 6.03. The second-order valence-electron chi connectivity index (χ2n) is 4.68. The van der Waals surface area contributed by atoms with Gasteiger partial charge in [-0.2, -0.15) is 0 Å². The largest absolute Gasteiger partial charge is 0.327 e. The van der Waals surface area contributed by atoms with E-state index in [2.05, 4.69) is 13.8 Å². The van der Waals surface area contributed by atoms with Gasteiger partial charge in [-0.05, 0) is 31.1 Å². The van der Waals surface area contributed by atoms with Crippen LogP contribution in [0.5, 0.6) is 0 Å². The highest BCUT2D eigenvalue weighted by Crippen LogP contribution is 2.35. The normalized spacial score (nSPS) is 19.4. The van der Waals surface area contributed by atoms with E-state index >= 15 is 0 Å². The van der Waals surface area contributed by atoms with Crippen molar-refractivity contribution in [2.45, 2.75) is 64.8 Å². The lowest BCUT2D eigenvalue weighted by Gasteiger charge is -2.22. The van der Waals surface area contributed by atoms with Crippen LogP contribution in [0.4, 0.5) is 0 Å². The molecule has 1 atom stereocenters. The van der Waals surface area contributed by atoms with E-state index in [9.17, 15) is 0 Å². The molecular formula is C12H25N. The van der Waals surface area contributed by atoms with E-state index in [4.69, 9.17) is 5.73 Å². The number of hydrogen-bond acceptors (Lipinski definition) is 1. The lowest BCUT2D eigenvalue weighted by atomic mass is 9.88. The van der Waals surface area contributed by atoms with Crippen LogP contribution in [0, 0.1) is 11.8 Å². The monoisotopic (exact) mass is 183 g/mol. The Morgan fingerprint density at radius 1 is 1.15 bits per heavy atom. The second kappa shape index (κ2) is 5.64. The molecule has 1 saturated carbocycles. The highest BCUT2D eigenvalue weighted by atomic mass is 14.7. The van der Waals surface area contributed by atoms with Crippen molar-refractivity contribution >= 4 is 0 Å². The van der Waals surface area contributed by atoms with Crippen LogP contribution >= 0.6 is 0 Å². The molecule has 0 aromatic heterocycles. The Kier molecular flexibility index (Phi) is 4.79. The molecule has 13 heavy (non-hydrogen) atoms. The van der Waals surface area contributed by atoms with E-state index in [-0.39, 0.29) is 0 Å². The highest BCUT2D eigenvalue weighted by Gasteiger charge is 2.27. The van der Waals surface area contributed by atoms with Gasteiger partial charge in [0, 0.05) is 6.04 Å². The van der Waals surface area contributed by atoms with Gasteiger partial charge in [-0.3, -0.25) is 0 Å². The minimum atomic E-state index is 0.493. The molecule has 0 amide bonds. The zero-order valence-electron chi connectivity index (χ0n) is 9.26. The fraction of sp³-hybridized carbons (Fsp3) is 1.00. The van der Waals surface area contributed by atoms with Gasteiger partial charge < -0.3 is 5.73 Å². The molecule has 0 aromatic carbocycles. The molecule has 1 unspecified atom stereocenters. The van der Waals surface area contributed by atoms with Crippen LogP contribution in [-0.2, 0) is 0 Å². The summed E-state index contributed by atoms with van der Waals surface area (Å²) in [5.41, 5.74) is 6.23. The standard InChI is InChI=1S/C12H25N/c1-3-5-11(6-4-2)12(13)9-10-7-8-10/h10-12H,3-9,13H2,1-2H3. The first-order valence-corrected chi connectivity index (χ1v) is 6.03. The van der Waals surface area contributed by atoms with Gasteiger partial charge in [0.2, 0.25) is 0 Å². The van der Waals surface area contributed by atoms with Crippen LogP contribution in [0.2, 0.25) is 0 Å². The lowest BCUT2D eigenvalue weighted by molar-refractivity contribution is 0.337. The highest BCUT2D eigenvalue weighted by molar-refractivity contribution is 4.82. The van der Waals surface area contributed by atoms with Gasteiger partial charge in [0.05, 0.1) is 0 Å². The van der Waals surface area contributed by atoms with Crippen LogP contribution in [0.15, 0.2) is 0 Å². The second-order valence-corrected chi connectivity index (χ2v) is 4.68. The summed E-state index contributed by atoms with van der Waals surface area (Å²) in [6.45, 7) is 4.54. The van der Waals surface area contributed by atoms with E-state index in [0.29, 0.717) is 6.04 Å². The average molecular weight is 183 g/mol. The summed E-state index contributed by atoms with van der Waals surface area (Å²) in [5.74, 6) is 1.79. The van der Waals surface area contributed by atoms with Crippen molar-refractivity contribution < 1.29 is 0 Å². The minimum absolute atomic E-state index is 0.493. The Labute approximate surface area is 83.1 Å². The number of rotatable bonds is 7. The predicted octanol–water partition coefficient (Wildman–Crippen LogP) is 3.33. The molecule has 2 N–H and O–H groups in total. The number of nitrogens with two attached hydrogens (primary N) is 1. The Morgan fingerprint density at radius 3 is 2.08 bits per heavy atom. The van der Waals surface area contributed by atoms with E-state index < -0.39 is 0 Å². The summed E-state index contributed by atoms with van der Waals surface area (Å²) in [7, 11) is 0. The van der Waals surface area contributed by atoms with Crippen LogP contribution in [0.1, 0.15) is 58.8 Å². The van der Waals surface area contributed by atoms with Crippen molar-refractivity contribution in [2.24, 2.45) is 17.6 Å². The van der Waals surface area contributed by atoms with E-state index in [0.717, 1.165) is 11.8 Å². The van der Waals surface area contributed by atoms with Crippen molar-refractivity contribution in [2.75, 3.05) is 0 Å². The van der Waals surface area contributed by atoms with Crippen molar-refractivity contribution in [3.63, 3.8) is 0 Å². The first-order chi connectivity index (χ1) is 6.27. The first kappa shape index (κ1) is 11.0. The zero-order valence-corrected chi connectivity index (χ0v) is 9.26. The molecule has 0 aliphatic heterocycles. The third kappa shape index (κ3) is 4.12. The molecule has 1 fully saturated rings. The molecule has 0 aromatic rings. The zero-order chi connectivity index (χ0) is 9.68. The maximum absolute atomic E-state index is 6.23. The molecule has 1 nitrogen and oxygen atoms in total. The molecule has 1 aliphatic carbocycles. The van der Waals surface area contributed by atoms with E-state index in [1.807, 2.05) is 0 Å². The van der Waals surface area contributed by atoms with Gasteiger partial charge in [-0.25, -0.2) is 0 Å². The van der Waals surface area contributed by atoms with Gasteiger partial charge in [0.25, 0.3) is 0 Å². The summed E-state index contributed by atoms with van der Waals surface area (Å²) in [4.78, 5) is 0. The Bertz CT molecular complexity index is 123. The molecule has 0 bridgehead atoms. The third-order valence-electron chi connectivity index (χ3n) is 3.23. The molecule has 0 spiro atoms. The van der Waals surface area contributed by atoms with Crippen LogP contribution in [0.3, 0.4) is 0 Å². The van der Waals surface area contributed by atoms with Gasteiger partial charge >= 0.3 is 0 Å². The van der Waals surface area contributed by atoms with Gasteiger partial charge in [0.15, 0.2) is 0 Å². The average Bonchev–Trinajstić information content (AvgIpc) is 2.88. The molecular weight excluding hydrogens is 158 g/mol. The maximum atomic E-state index is 6.23. The fourth-order valence-electron chi connectivity index (χ4n) is 2.24. The Balaban J connectivity index is 2.22. The molecule has 0 saturated heterocycles. The smallest absolute Gasteiger partial charge is 0.00697 e. The Hall–Kier alpha value is -0.0400. The van der Waals surface area contributed by atoms with E-state index in [1.165, 1.54) is 44.9 Å². The van der Waals surface area contributed by atoms with Crippen LogP contribution < -0.4 is 5.73 Å². The quantitative estimate of drug-likeness (QED) is 0.643. The summed E-state index contributed by atoms with van der Waals surface area (Å²) < 4.78 is 0. The van der Waals surface area contributed by atoms with E-state index in [1.54, 1.807) is 0 Å². The van der Waals surface area contributed by atoms with Crippen molar-refractivity contribution in [1.82, 2.24) is 0 Å². The number of hydrogen-bond donors (Lipinski definition) is 1. The van der Waals surface area contributed by atoms with Crippen molar-refractivity contribution in [1.29, 1.82) is 0 Å². The maximum Gasteiger partial charge on any atom is 0.00697 e. The molecule has 0 heterocycles. The molecule has 1 rings (SSSR count). The topological polar surface area (TPSA) is 26.0 Å². The summed E-state index contributed by atoms with van der Waals surface area (Å²) >= 11 is 0. The van der Waals surface area contributed by atoms with Crippen LogP contribution in [0.25, 0.3) is 0 Å². The molecule has 0 radical (unpaired) electrons. The van der Waals surface area contributed by atoms with Gasteiger partial charge in [-0.15, -0.1) is 0 Å². The summed E-state index contributed by atoms with van der Waals surface area (Å²) in [6, 6.07) is 0.493. The Morgan fingerprint density at radius 2 is 1.69 bits per heavy atom.